The average Bonchev–Trinajstić information content (AvgIpc) is 2.65. The van der Waals surface area contributed by atoms with Gasteiger partial charge in [-0.15, -0.1) is 0 Å². The molecule has 9 heteroatoms. The summed E-state index contributed by atoms with van der Waals surface area (Å²) in [6.07, 6.45) is 0. The zero-order valence-corrected chi connectivity index (χ0v) is 16.4. The van der Waals surface area contributed by atoms with E-state index in [-0.39, 0.29) is 23.5 Å². The molecule has 1 aliphatic rings. The number of hydrogen-bond acceptors (Lipinski definition) is 5. The summed E-state index contributed by atoms with van der Waals surface area (Å²) in [5.41, 5.74) is 0.756. The Hall–Kier alpha value is -2.65. The van der Waals surface area contributed by atoms with Crippen molar-refractivity contribution < 1.29 is 27.1 Å². The minimum atomic E-state index is -3.94. The van der Waals surface area contributed by atoms with Gasteiger partial charge in [-0.05, 0) is 42.8 Å². The summed E-state index contributed by atoms with van der Waals surface area (Å²) >= 11 is 0. The molecule has 150 valence electrons. The van der Waals surface area contributed by atoms with Gasteiger partial charge in [0.15, 0.2) is 11.5 Å². The van der Waals surface area contributed by atoms with E-state index in [0.29, 0.717) is 30.4 Å². The molecule has 2 aromatic carbocycles. The number of nitrogens with zero attached hydrogens (tertiary/aromatic N) is 1. The van der Waals surface area contributed by atoms with E-state index in [1.165, 1.54) is 13.0 Å². The summed E-state index contributed by atoms with van der Waals surface area (Å²) in [7, 11) is -3.94. The van der Waals surface area contributed by atoms with E-state index < -0.39 is 21.7 Å². The number of ether oxygens (including phenoxy) is 2. The fraction of sp³-hybridized carbons (Fsp3) is 0.316. The third kappa shape index (κ3) is 4.26. The predicted octanol–water partition coefficient (Wildman–Crippen LogP) is 2.55. The second-order valence-electron chi connectivity index (χ2n) is 6.25. The molecule has 0 bridgehead atoms. The highest BCUT2D eigenvalue weighted by Crippen LogP contribution is 2.32. The molecular weight excluding hydrogens is 387 g/mol. The molecule has 1 N–H and O–H groups in total. The van der Waals surface area contributed by atoms with Gasteiger partial charge in [-0.3, -0.25) is 4.79 Å². The number of carbonyl (C=O) groups excluding carboxylic acids is 1. The number of fused-ring (bicyclic) bond motifs is 1. The molecule has 0 aromatic heterocycles. The maximum Gasteiger partial charge on any atom is 0.243 e. The van der Waals surface area contributed by atoms with E-state index in [0.717, 1.165) is 16.4 Å². The maximum absolute atomic E-state index is 13.3. The van der Waals surface area contributed by atoms with Gasteiger partial charge in [0.25, 0.3) is 0 Å². The summed E-state index contributed by atoms with van der Waals surface area (Å²) < 4.78 is 51.0. The number of carbonyl (C=O) groups is 1. The van der Waals surface area contributed by atoms with Gasteiger partial charge < -0.3 is 14.8 Å². The number of sulfonamides is 1. The molecule has 1 heterocycles. The normalized spacial score (nSPS) is 13.4. The van der Waals surface area contributed by atoms with Crippen molar-refractivity contribution in [3.05, 3.63) is 47.8 Å². The molecule has 0 atom stereocenters. The molecule has 0 fully saturated rings. The van der Waals surface area contributed by atoms with Crippen molar-refractivity contribution in [1.82, 2.24) is 4.31 Å². The Bertz CT molecular complexity index is 994. The third-order valence-corrected chi connectivity index (χ3v) is 6.33. The topological polar surface area (TPSA) is 84.9 Å². The van der Waals surface area contributed by atoms with Crippen molar-refractivity contribution in [2.75, 3.05) is 31.6 Å². The number of aryl methyl sites for hydroxylation is 1. The lowest BCUT2D eigenvalue weighted by Gasteiger charge is -2.22. The Kier molecular flexibility index (Phi) is 5.85. The van der Waals surface area contributed by atoms with Gasteiger partial charge in [-0.1, -0.05) is 6.92 Å². The molecule has 0 radical (unpaired) electrons. The molecule has 0 saturated heterocycles. The van der Waals surface area contributed by atoms with Crippen molar-refractivity contribution in [3.63, 3.8) is 0 Å². The molecule has 2 aromatic rings. The highest BCUT2D eigenvalue weighted by Gasteiger charge is 2.27. The van der Waals surface area contributed by atoms with E-state index in [1.807, 2.05) is 0 Å². The number of rotatable bonds is 6. The van der Waals surface area contributed by atoms with Crippen molar-refractivity contribution in [3.8, 4) is 11.5 Å². The van der Waals surface area contributed by atoms with E-state index in [4.69, 9.17) is 9.47 Å². The summed E-state index contributed by atoms with van der Waals surface area (Å²) in [6.45, 7) is 3.75. The van der Waals surface area contributed by atoms with Crippen LogP contribution in [-0.2, 0) is 14.8 Å². The Morgan fingerprint density at radius 3 is 2.54 bits per heavy atom. The zero-order valence-electron chi connectivity index (χ0n) is 15.6. The minimum absolute atomic E-state index is 0.0251. The second kappa shape index (κ2) is 8.15. The zero-order chi connectivity index (χ0) is 20.3. The first-order valence-corrected chi connectivity index (χ1v) is 10.2. The molecule has 0 spiro atoms. The maximum atomic E-state index is 13.3. The van der Waals surface area contributed by atoms with Crippen molar-refractivity contribution >= 4 is 21.6 Å². The van der Waals surface area contributed by atoms with Gasteiger partial charge in [-0.25, -0.2) is 12.8 Å². The monoisotopic (exact) mass is 408 g/mol. The Morgan fingerprint density at radius 2 is 1.86 bits per heavy atom. The lowest BCUT2D eigenvalue weighted by Crippen LogP contribution is -2.38. The summed E-state index contributed by atoms with van der Waals surface area (Å²) in [5.74, 6) is 0.0949. The lowest BCUT2D eigenvalue weighted by atomic mass is 10.2. The first kappa shape index (κ1) is 20.1. The fourth-order valence-corrected chi connectivity index (χ4v) is 4.50. The number of nitrogens with one attached hydrogen (secondary N) is 1. The van der Waals surface area contributed by atoms with E-state index in [9.17, 15) is 17.6 Å². The number of benzene rings is 2. The SMILES string of the molecule is CCN(CC(=O)Nc1ccc2c(c1)OCCO2)S(=O)(=O)c1ccc(F)cc1C. The van der Waals surface area contributed by atoms with Crippen LogP contribution in [0.25, 0.3) is 0 Å². The molecular formula is C19H21FN2O5S. The molecule has 28 heavy (non-hydrogen) atoms. The third-order valence-electron chi connectivity index (χ3n) is 4.25. The van der Waals surface area contributed by atoms with Crippen molar-refractivity contribution in [2.45, 2.75) is 18.7 Å². The first-order valence-electron chi connectivity index (χ1n) is 8.77. The van der Waals surface area contributed by atoms with Gasteiger partial charge in [0.05, 0.1) is 11.4 Å². The molecule has 0 saturated carbocycles. The van der Waals surface area contributed by atoms with Crippen molar-refractivity contribution in [1.29, 1.82) is 0 Å². The van der Waals surface area contributed by atoms with Crippen LogP contribution in [0.1, 0.15) is 12.5 Å². The number of hydrogen-bond donors (Lipinski definition) is 1. The van der Waals surface area contributed by atoms with Crippen molar-refractivity contribution in [2.24, 2.45) is 0 Å². The summed E-state index contributed by atoms with van der Waals surface area (Å²) in [6, 6.07) is 8.41. The van der Waals surface area contributed by atoms with Crippen LogP contribution in [0.4, 0.5) is 10.1 Å². The van der Waals surface area contributed by atoms with Crippen LogP contribution >= 0.6 is 0 Å². The number of amides is 1. The smallest absolute Gasteiger partial charge is 0.243 e. The van der Waals surface area contributed by atoms with Crippen LogP contribution in [0.5, 0.6) is 11.5 Å². The quantitative estimate of drug-likeness (QED) is 0.794. The van der Waals surface area contributed by atoms with Crippen LogP contribution in [0.3, 0.4) is 0 Å². The first-order chi connectivity index (χ1) is 13.3. The molecule has 1 aliphatic heterocycles. The molecule has 0 aliphatic carbocycles. The second-order valence-corrected chi connectivity index (χ2v) is 8.15. The summed E-state index contributed by atoms with van der Waals surface area (Å²) in [5, 5.41) is 2.66. The van der Waals surface area contributed by atoms with E-state index in [1.54, 1.807) is 25.1 Å². The van der Waals surface area contributed by atoms with Gasteiger partial charge in [-0.2, -0.15) is 4.31 Å². The van der Waals surface area contributed by atoms with Crippen LogP contribution in [-0.4, -0.2) is 44.9 Å². The fourth-order valence-electron chi connectivity index (χ4n) is 2.89. The van der Waals surface area contributed by atoms with Crippen LogP contribution < -0.4 is 14.8 Å². The Labute approximate surface area is 163 Å². The van der Waals surface area contributed by atoms with Gasteiger partial charge in [0.2, 0.25) is 15.9 Å². The molecule has 3 rings (SSSR count). The van der Waals surface area contributed by atoms with Gasteiger partial charge in [0.1, 0.15) is 19.0 Å². The van der Waals surface area contributed by atoms with Crippen LogP contribution in [0.15, 0.2) is 41.3 Å². The van der Waals surface area contributed by atoms with Gasteiger partial charge >= 0.3 is 0 Å². The summed E-state index contributed by atoms with van der Waals surface area (Å²) in [4.78, 5) is 12.4. The molecule has 1 amide bonds. The average molecular weight is 408 g/mol. The van der Waals surface area contributed by atoms with Gasteiger partial charge in [0, 0.05) is 18.3 Å². The van der Waals surface area contributed by atoms with E-state index >= 15 is 0 Å². The molecule has 0 unspecified atom stereocenters. The highest BCUT2D eigenvalue weighted by molar-refractivity contribution is 7.89. The molecule has 7 nitrogen and oxygen atoms in total. The standard InChI is InChI=1S/C19H21FN2O5S/c1-3-22(28(24,25)18-7-4-14(20)10-13(18)2)12-19(23)21-15-5-6-16-17(11-15)27-9-8-26-16/h4-7,10-11H,3,8-9,12H2,1-2H3,(H,21,23). The van der Waals surface area contributed by atoms with E-state index in [2.05, 4.69) is 5.32 Å². The minimum Gasteiger partial charge on any atom is -0.486 e. The number of likely N-dealkylation sites (N-methyl/N-ethyl adjacent to an activating group) is 1. The van der Waals surface area contributed by atoms with Crippen LogP contribution in [0.2, 0.25) is 0 Å². The lowest BCUT2D eigenvalue weighted by molar-refractivity contribution is -0.116. The number of anilines is 1. The highest BCUT2D eigenvalue weighted by atomic mass is 32.2. The largest absolute Gasteiger partial charge is 0.486 e. The Morgan fingerprint density at radius 1 is 1.14 bits per heavy atom. The number of halogens is 1. The predicted molar refractivity (Wildman–Crippen MR) is 102 cm³/mol. The Balaban J connectivity index is 1.74. The van der Waals surface area contributed by atoms with Crippen LogP contribution in [0, 0.1) is 12.7 Å².